The van der Waals surface area contributed by atoms with Gasteiger partial charge < -0.3 is 9.30 Å². The standard InChI is InChI=1S/C12H23N3OS/c1-4-6-10(7-5-2)11-13-14-12(17)15(11)8-9-16-3/h10H,4-9H2,1-3H3,(H,14,17). The Labute approximate surface area is 108 Å². The average Bonchev–Trinajstić information content (AvgIpc) is 2.68. The number of aromatic nitrogens is 3. The molecule has 0 aliphatic heterocycles. The highest BCUT2D eigenvalue weighted by Gasteiger charge is 2.16. The minimum absolute atomic E-state index is 0.509. The Morgan fingerprint density at radius 1 is 1.35 bits per heavy atom. The minimum atomic E-state index is 0.509. The summed E-state index contributed by atoms with van der Waals surface area (Å²) in [5.74, 6) is 1.60. The van der Waals surface area contributed by atoms with Gasteiger partial charge in [0.05, 0.1) is 6.61 Å². The first-order valence-corrected chi connectivity index (χ1v) is 6.79. The molecule has 1 aromatic rings. The van der Waals surface area contributed by atoms with Crippen LogP contribution in [0.3, 0.4) is 0 Å². The Balaban J connectivity index is 2.89. The number of hydrogen-bond donors (Lipinski definition) is 1. The van der Waals surface area contributed by atoms with E-state index in [1.165, 1.54) is 25.7 Å². The van der Waals surface area contributed by atoms with Gasteiger partial charge in [-0.15, -0.1) is 0 Å². The number of H-pyrrole nitrogens is 1. The van der Waals surface area contributed by atoms with Crippen LogP contribution in [0.15, 0.2) is 0 Å². The maximum Gasteiger partial charge on any atom is 0.195 e. The summed E-state index contributed by atoms with van der Waals surface area (Å²) in [7, 11) is 1.71. The zero-order chi connectivity index (χ0) is 12.7. The van der Waals surface area contributed by atoms with Gasteiger partial charge in [-0.05, 0) is 25.1 Å². The summed E-state index contributed by atoms with van der Waals surface area (Å²) >= 11 is 5.26. The van der Waals surface area contributed by atoms with E-state index in [4.69, 9.17) is 17.0 Å². The Bertz CT molecular complexity index is 366. The van der Waals surface area contributed by atoms with E-state index in [9.17, 15) is 0 Å². The van der Waals surface area contributed by atoms with E-state index >= 15 is 0 Å². The van der Waals surface area contributed by atoms with Gasteiger partial charge >= 0.3 is 0 Å². The summed E-state index contributed by atoms with van der Waals surface area (Å²) in [4.78, 5) is 0. The molecule has 0 spiro atoms. The first-order valence-electron chi connectivity index (χ1n) is 6.38. The van der Waals surface area contributed by atoms with Gasteiger partial charge in [0.2, 0.25) is 0 Å². The van der Waals surface area contributed by atoms with Crippen LogP contribution < -0.4 is 0 Å². The van der Waals surface area contributed by atoms with E-state index in [1.54, 1.807) is 7.11 Å². The summed E-state index contributed by atoms with van der Waals surface area (Å²) in [5.41, 5.74) is 0. The lowest BCUT2D eigenvalue weighted by molar-refractivity contribution is 0.185. The summed E-state index contributed by atoms with van der Waals surface area (Å²) in [6, 6.07) is 0. The highest BCUT2D eigenvalue weighted by molar-refractivity contribution is 7.71. The molecule has 0 aliphatic rings. The summed E-state index contributed by atoms with van der Waals surface area (Å²) < 4.78 is 7.90. The first kappa shape index (κ1) is 14.4. The predicted octanol–water partition coefficient (Wildman–Crippen LogP) is 3.27. The molecular formula is C12H23N3OS. The van der Waals surface area contributed by atoms with Crippen LogP contribution in [-0.2, 0) is 11.3 Å². The van der Waals surface area contributed by atoms with Crippen molar-refractivity contribution in [3.05, 3.63) is 10.6 Å². The first-order chi connectivity index (χ1) is 8.24. The van der Waals surface area contributed by atoms with Crippen molar-refractivity contribution in [2.45, 2.75) is 52.0 Å². The van der Waals surface area contributed by atoms with Gasteiger partial charge in [0.1, 0.15) is 5.82 Å². The monoisotopic (exact) mass is 257 g/mol. The number of ether oxygens (including phenoxy) is 1. The molecule has 98 valence electrons. The van der Waals surface area contributed by atoms with Crippen LogP contribution in [-0.4, -0.2) is 28.5 Å². The van der Waals surface area contributed by atoms with Crippen LogP contribution in [0, 0.1) is 4.77 Å². The second-order valence-electron chi connectivity index (χ2n) is 4.31. The SMILES string of the molecule is CCCC(CCC)c1n[nH]c(=S)n1CCOC. The van der Waals surface area contributed by atoms with Crippen molar-refractivity contribution in [1.29, 1.82) is 0 Å². The number of nitrogens with zero attached hydrogens (tertiary/aromatic N) is 2. The van der Waals surface area contributed by atoms with Crippen molar-refractivity contribution >= 4 is 12.2 Å². The lowest BCUT2D eigenvalue weighted by Gasteiger charge is -2.15. The van der Waals surface area contributed by atoms with Gasteiger partial charge in [-0.1, -0.05) is 26.7 Å². The number of nitrogens with one attached hydrogen (secondary N) is 1. The molecule has 0 amide bonds. The molecule has 0 radical (unpaired) electrons. The van der Waals surface area contributed by atoms with E-state index in [0.29, 0.717) is 17.3 Å². The lowest BCUT2D eigenvalue weighted by Crippen LogP contribution is -2.12. The van der Waals surface area contributed by atoms with E-state index in [0.717, 1.165) is 12.4 Å². The molecule has 1 rings (SSSR count). The second kappa shape index (κ2) is 7.61. The van der Waals surface area contributed by atoms with Crippen LogP contribution in [0.2, 0.25) is 0 Å². The maximum atomic E-state index is 5.26. The molecule has 0 bridgehead atoms. The summed E-state index contributed by atoms with van der Waals surface area (Å²) in [5, 5.41) is 7.30. The highest BCUT2D eigenvalue weighted by atomic mass is 32.1. The van der Waals surface area contributed by atoms with Gasteiger partial charge in [0.25, 0.3) is 0 Å². The maximum absolute atomic E-state index is 5.26. The van der Waals surface area contributed by atoms with Gasteiger partial charge in [-0.25, -0.2) is 0 Å². The largest absolute Gasteiger partial charge is 0.383 e. The van der Waals surface area contributed by atoms with E-state index in [1.807, 2.05) is 0 Å². The quantitative estimate of drug-likeness (QED) is 0.727. The molecule has 1 aromatic heterocycles. The molecule has 5 heteroatoms. The van der Waals surface area contributed by atoms with Crippen molar-refractivity contribution in [3.63, 3.8) is 0 Å². The van der Waals surface area contributed by atoms with Gasteiger partial charge in [0.15, 0.2) is 4.77 Å². The Kier molecular flexibility index (Phi) is 6.44. The fraction of sp³-hybridized carbons (Fsp3) is 0.833. The van der Waals surface area contributed by atoms with Crippen LogP contribution in [0.1, 0.15) is 51.3 Å². The third kappa shape index (κ3) is 3.92. The zero-order valence-electron chi connectivity index (χ0n) is 11.0. The molecule has 0 fully saturated rings. The Morgan fingerprint density at radius 2 is 2.00 bits per heavy atom. The third-order valence-corrected chi connectivity index (χ3v) is 3.26. The Hall–Kier alpha value is -0.680. The summed E-state index contributed by atoms with van der Waals surface area (Å²) in [6.07, 6.45) is 4.68. The molecule has 0 unspecified atom stereocenters. The number of methoxy groups -OCH3 is 1. The third-order valence-electron chi connectivity index (χ3n) is 2.95. The van der Waals surface area contributed by atoms with Crippen LogP contribution >= 0.6 is 12.2 Å². The molecule has 1 heterocycles. The average molecular weight is 257 g/mol. The van der Waals surface area contributed by atoms with Crippen molar-refractivity contribution in [1.82, 2.24) is 14.8 Å². The van der Waals surface area contributed by atoms with Crippen LogP contribution in [0.5, 0.6) is 0 Å². The topological polar surface area (TPSA) is 42.8 Å². The second-order valence-corrected chi connectivity index (χ2v) is 4.69. The van der Waals surface area contributed by atoms with E-state index in [-0.39, 0.29) is 0 Å². The van der Waals surface area contributed by atoms with Crippen molar-refractivity contribution in [2.24, 2.45) is 0 Å². The minimum Gasteiger partial charge on any atom is -0.383 e. The van der Waals surface area contributed by atoms with E-state index < -0.39 is 0 Å². The molecule has 17 heavy (non-hydrogen) atoms. The van der Waals surface area contributed by atoms with Gasteiger partial charge in [-0.2, -0.15) is 5.10 Å². The molecule has 0 saturated heterocycles. The molecule has 0 aliphatic carbocycles. The van der Waals surface area contributed by atoms with Gasteiger partial charge in [-0.3, -0.25) is 5.10 Å². The van der Waals surface area contributed by atoms with E-state index in [2.05, 4.69) is 28.6 Å². The molecule has 0 saturated carbocycles. The summed E-state index contributed by atoms with van der Waals surface area (Å²) in [6.45, 7) is 5.88. The molecule has 4 nitrogen and oxygen atoms in total. The van der Waals surface area contributed by atoms with Crippen molar-refractivity contribution < 1.29 is 4.74 Å². The zero-order valence-corrected chi connectivity index (χ0v) is 11.8. The Morgan fingerprint density at radius 3 is 2.53 bits per heavy atom. The number of hydrogen-bond acceptors (Lipinski definition) is 3. The van der Waals surface area contributed by atoms with Crippen LogP contribution in [0.4, 0.5) is 0 Å². The molecule has 1 N–H and O–H groups in total. The lowest BCUT2D eigenvalue weighted by atomic mass is 9.97. The molecule has 0 aromatic carbocycles. The molecular weight excluding hydrogens is 234 g/mol. The van der Waals surface area contributed by atoms with Crippen molar-refractivity contribution in [3.8, 4) is 0 Å². The fourth-order valence-electron chi connectivity index (χ4n) is 2.14. The number of aromatic amines is 1. The highest BCUT2D eigenvalue weighted by Crippen LogP contribution is 2.24. The normalized spacial score (nSPS) is 11.3. The predicted molar refractivity (Wildman–Crippen MR) is 71.8 cm³/mol. The van der Waals surface area contributed by atoms with Gasteiger partial charge in [0, 0.05) is 19.6 Å². The van der Waals surface area contributed by atoms with Crippen molar-refractivity contribution in [2.75, 3.05) is 13.7 Å². The van der Waals surface area contributed by atoms with Crippen LogP contribution in [0.25, 0.3) is 0 Å². The smallest absolute Gasteiger partial charge is 0.195 e. The number of rotatable bonds is 8. The fourth-order valence-corrected chi connectivity index (χ4v) is 2.37. The molecule has 0 atom stereocenters.